The summed E-state index contributed by atoms with van der Waals surface area (Å²) < 4.78 is 28.5. The van der Waals surface area contributed by atoms with Gasteiger partial charge in [-0.3, -0.25) is 10.1 Å². The van der Waals surface area contributed by atoms with Crippen molar-refractivity contribution in [1.82, 2.24) is 0 Å². The van der Waals surface area contributed by atoms with Gasteiger partial charge in [-0.15, -0.1) is 6.58 Å². The molecule has 1 fully saturated rings. The summed E-state index contributed by atoms with van der Waals surface area (Å²) in [5, 5.41) is 21.2. The first-order valence-electron chi connectivity index (χ1n) is 7.18. The first-order valence-corrected chi connectivity index (χ1v) is 9.01. The predicted molar refractivity (Wildman–Crippen MR) is 85.3 cm³/mol. The third-order valence-corrected chi connectivity index (χ3v) is 5.52. The highest BCUT2D eigenvalue weighted by Gasteiger charge is 2.36. The van der Waals surface area contributed by atoms with E-state index in [1.807, 2.05) is 0 Å². The van der Waals surface area contributed by atoms with Crippen molar-refractivity contribution in [2.75, 3.05) is 18.1 Å². The molecule has 0 aromatic heterocycles. The van der Waals surface area contributed by atoms with E-state index in [1.165, 1.54) is 18.2 Å². The molecule has 0 bridgehead atoms. The van der Waals surface area contributed by atoms with Crippen molar-refractivity contribution in [3.63, 3.8) is 0 Å². The highest BCUT2D eigenvalue weighted by atomic mass is 32.2. The van der Waals surface area contributed by atoms with E-state index in [-0.39, 0.29) is 36.6 Å². The predicted octanol–water partition coefficient (Wildman–Crippen LogP) is 1.64. The number of nitrogens with zero attached hydrogens (tertiary/aromatic N) is 1. The molecule has 1 aromatic rings. The van der Waals surface area contributed by atoms with Gasteiger partial charge in [-0.25, -0.2) is 8.42 Å². The van der Waals surface area contributed by atoms with E-state index in [0.717, 1.165) is 0 Å². The summed E-state index contributed by atoms with van der Waals surface area (Å²) in [6, 6.07) is 4.23. The summed E-state index contributed by atoms with van der Waals surface area (Å²) in [5.41, 5.74) is -0.642. The van der Waals surface area contributed by atoms with E-state index in [2.05, 4.69) is 6.58 Å². The summed E-state index contributed by atoms with van der Waals surface area (Å²) in [6.45, 7) is 3.56. The second-order valence-electron chi connectivity index (χ2n) is 5.71. The Morgan fingerprint density at radius 1 is 1.39 bits per heavy atom. The highest BCUT2D eigenvalue weighted by molar-refractivity contribution is 7.91. The van der Waals surface area contributed by atoms with E-state index in [0.29, 0.717) is 17.7 Å². The molecule has 1 N–H and O–H groups in total. The van der Waals surface area contributed by atoms with Crippen LogP contribution in [-0.2, 0) is 16.3 Å². The SMILES string of the molecule is C=CCc1cc([N+](=O)[O-])ccc1OCC1(O)CCS(=O)(=O)CC1. The Bertz CT molecular complexity index is 699. The Kier molecular flexibility index (Phi) is 5.06. The monoisotopic (exact) mass is 341 g/mol. The largest absolute Gasteiger partial charge is 0.490 e. The average Bonchev–Trinajstić information content (AvgIpc) is 2.50. The number of hydrogen-bond acceptors (Lipinski definition) is 6. The minimum absolute atomic E-state index is 0.0447. The maximum absolute atomic E-state index is 11.4. The fourth-order valence-electron chi connectivity index (χ4n) is 2.41. The van der Waals surface area contributed by atoms with Crippen LogP contribution in [0.15, 0.2) is 30.9 Å². The van der Waals surface area contributed by atoms with Gasteiger partial charge in [0.15, 0.2) is 9.84 Å². The van der Waals surface area contributed by atoms with Crippen LogP contribution in [-0.4, -0.2) is 42.2 Å². The zero-order chi connectivity index (χ0) is 17.1. The van der Waals surface area contributed by atoms with Gasteiger partial charge in [0, 0.05) is 17.7 Å². The van der Waals surface area contributed by atoms with Gasteiger partial charge in [0.2, 0.25) is 0 Å². The molecule has 2 rings (SSSR count). The van der Waals surface area contributed by atoms with E-state index >= 15 is 0 Å². The van der Waals surface area contributed by atoms with Crippen LogP contribution < -0.4 is 4.74 Å². The molecule has 7 nitrogen and oxygen atoms in total. The normalized spacial score (nSPS) is 19.0. The summed E-state index contributed by atoms with van der Waals surface area (Å²) in [5.74, 6) is 0.302. The first-order chi connectivity index (χ1) is 10.7. The summed E-state index contributed by atoms with van der Waals surface area (Å²) in [6.07, 6.45) is 2.25. The number of nitro benzene ring substituents is 1. The highest BCUT2D eigenvalue weighted by Crippen LogP contribution is 2.28. The third kappa shape index (κ3) is 4.52. The van der Waals surface area contributed by atoms with Crippen molar-refractivity contribution in [2.45, 2.75) is 24.9 Å². The topological polar surface area (TPSA) is 107 Å². The molecular formula is C15H19NO6S. The van der Waals surface area contributed by atoms with Gasteiger partial charge in [0.05, 0.1) is 16.4 Å². The molecule has 126 valence electrons. The Labute approximate surface area is 134 Å². The Balaban J connectivity index is 2.10. The number of allylic oxidation sites excluding steroid dienone is 1. The van der Waals surface area contributed by atoms with Gasteiger partial charge >= 0.3 is 0 Å². The Morgan fingerprint density at radius 2 is 2.04 bits per heavy atom. The lowest BCUT2D eigenvalue weighted by molar-refractivity contribution is -0.384. The van der Waals surface area contributed by atoms with Crippen molar-refractivity contribution in [3.8, 4) is 5.75 Å². The van der Waals surface area contributed by atoms with E-state index in [4.69, 9.17) is 4.74 Å². The molecule has 23 heavy (non-hydrogen) atoms. The average molecular weight is 341 g/mol. The number of hydrogen-bond donors (Lipinski definition) is 1. The van der Waals surface area contributed by atoms with Gasteiger partial charge in [0.25, 0.3) is 5.69 Å². The molecule has 0 aliphatic carbocycles. The van der Waals surface area contributed by atoms with Gasteiger partial charge < -0.3 is 9.84 Å². The molecule has 0 atom stereocenters. The number of non-ortho nitro benzene ring substituents is 1. The number of nitro groups is 1. The Hall–Kier alpha value is -1.93. The Morgan fingerprint density at radius 3 is 2.61 bits per heavy atom. The molecule has 1 heterocycles. The van der Waals surface area contributed by atoms with Gasteiger partial charge in [0.1, 0.15) is 18.0 Å². The standard InChI is InChI=1S/C15H19NO6S/c1-2-3-12-10-13(16(18)19)4-5-14(12)22-11-15(17)6-8-23(20,21)9-7-15/h2,4-5,10,17H,1,3,6-9,11H2. The van der Waals surface area contributed by atoms with Crippen molar-refractivity contribution in [3.05, 3.63) is 46.5 Å². The molecule has 1 aliphatic heterocycles. The number of rotatable bonds is 6. The molecule has 0 spiro atoms. The van der Waals surface area contributed by atoms with Crippen LogP contribution >= 0.6 is 0 Å². The summed E-state index contributed by atoms with van der Waals surface area (Å²) in [4.78, 5) is 10.3. The van der Waals surface area contributed by atoms with Crippen LogP contribution in [0.25, 0.3) is 0 Å². The van der Waals surface area contributed by atoms with Gasteiger partial charge in [-0.2, -0.15) is 0 Å². The molecule has 0 amide bonds. The molecule has 8 heteroatoms. The fourth-order valence-corrected chi connectivity index (χ4v) is 4.00. The lowest BCUT2D eigenvalue weighted by Crippen LogP contribution is -2.43. The van der Waals surface area contributed by atoms with Crippen LogP contribution in [0.5, 0.6) is 5.75 Å². The maximum Gasteiger partial charge on any atom is 0.269 e. The maximum atomic E-state index is 11.4. The lowest BCUT2D eigenvalue weighted by atomic mass is 9.98. The second kappa shape index (κ2) is 6.67. The van der Waals surface area contributed by atoms with Crippen molar-refractivity contribution in [2.24, 2.45) is 0 Å². The van der Waals surface area contributed by atoms with Crippen LogP contribution in [0, 0.1) is 10.1 Å². The molecule has 1 saturated heterocycles. The summed E-state index contributed by atoms with van der Waals surface area (Å²) in [7, 11) is -3.07. The minimum Gasteiger partial charge on any atom is -0.490 e. The van der Waals surface area contributed by atoms with Crippen molar-refractivity contribution in [1.29, 1.82) is 0 Å². The minimum atomic E-state index is -3.07. The molecule has 0 radical (unpaired) electrons. The fraction of sp³-hybridized carbons (Fsp3) is 0.467. The molecule has 0 saturated carbocycles. The van der Waals surface area contributed by atoms with Crippen LogP contribution in [0.1, 0.15) is 18.4 Å². The van der Waals surface area contributed by atoms with Crippen LogP contribution in [0.4, 0.5) is 5.69 Å². The number of ether oxygens (including phenoxy) is 1. The number of benzene rings is 1. The van der Waals surface area contributed by atoms with Crippen LogP contribution in [0.2, 0.25) is 0 Å². The molecule has 0 unspecified atom stereocenters. The number of aliphatic hydroxyl groups is 1. The summed E-state index contributed by atoms with van der Waals surface area (Å²) >= 11 is 0. The second-order valence-corrected chi connectivity index (χ2v) is 8.01. The van der Waals surface area contributed by atoms with Gasteiger partial charge in [-0.05, 0) is 25.3 Å². The van der Waals surface area contributed by atoms with Crippen molar-refractivity contribution >= 4 is 15.5 Å². The molecule has 1 aliphatic rings. The molecular weight excluding hydrogens is 322 g/mol. The smallest absolute Gasteiger partial charge is 0.269 e. The van der Waals surface area contributed by atoms with Gasteiger partial charge in [-0.1, -0.05) is 6.08 Å². The van der Waals surface area contributed by atoms with Crippen molar-refractivity contribution < 1.29 is 23.2 Å². The lowest BCUT2D eigenvalue weighted by Gasteiger charge is -2.31. The zero-order valence-electron chi connectivity index (χ0n) is 12.6. The van der Waals surface area contributed by atoms with E-state index in [9.17, 15) is 23.6 Å². The number of sulfone groups is 1. The zero-order valence-corrected chi connectivity index (χ0v) is 13.4. The van der Waals surface area contributed by atoms with Crippen LogP contribution in [0.3, 0.4) is 0 Å². The molecule has 1 aromatic carbocycles. The third-order valence-electron chi connectivity index (χ3n) is 3.87. The van der Waals surface area contributed by atoms with E-state index in [1.54, 1.807) is 6.08 Å². The first kappa shape index (κ1) is 17.4. The quantitative estimate of drug-likeness (QED) is 0.479. The van der Waals surface area contributed by atoms with E-state index < -0.39 is 20.4 Å².